The van der Waals surface area contributed by atoms with E-state index in [0.717, 1.165) is 0 Å². The molecule has 2 saturated heterocycles. The molecule has 3 rings (SSSR count). The van der Waals surface area contributed by atoms with E-state index in [1.54, 1.807) is 13.8 Å². The third-order valence-corrected chi connectivity index (χ3v) is 5.93. The second kappa shape index (κ2) is 5.05. The summed E-state index contributed by atoms with van der Waals surface area (Å²) < 4.78 is 5.34. The molecule has 0 saturated carbocycles. The van der Waals surface area contributed by atoms with Crippen LogP contribution in [0.25, 0.3) is 0 Å². The van der Waals surface area contributed by atoms with Crippen molar-refractivity contribution in [2.24, 2.45) is 5.41 Å². The van der Waals surface area contributed by atoms with Crippen LogP contribution in [0, 0.1) is 5.41 Å². The normalized spacial score (nSPS) is 42.3. The summed E-state index contributed by atoms with van der Waals surface area (Å²) in [6, 6.07) is 0. The smallest absolute Gasteiger partial charge is 0.345 e. The summed E-state index contributed by atoms with van der Waals surface area (Å²) in [5.41, 5.74) is -3.66. The largest absolute Gasteiger partial charge is 0.452 e. The summed E-state index contributed by atoms with van der Waals surface area (Å²) in [5.74, 6) is -1.40. The molecular weight excluding hydrogens is 322 g/mol. The van der Waals surface area contributed by atoms with E-state index in [1.165, 1.54) is 6.08 Å². The Morgan fingerprint density at radius 3 is 2.74 bits per heavy atom. The van der Waals surface area contributed by atoms with Crippen molar-refractivity contribution in [1.82, 2.24) is 5.32 Å². The van der Waals surface area contributed by atoms with Gasteiger partial charge in [-0.05, 0) is 51.2 Å². The quantitative estimate of drug-likeness (QED) is 0.449. The van der Waals surface area contributed by atoms with Crippen LogP contribution in [0.2, 0.25) is 0 Å². The van der Waals surface area contributed by atoms with Gasteiger partial charge >= 0.3 is 5.97 Å². The lowest BCUT2D eigenvalue weighted by molar-refractivity contribution is -0.227. The van der Waals surface area contributed by atoms with E-state index in [1.807, 2.05) is 0 Å². The number of carbonyl (C=O) groups is 3. The fraction of sp³-hybridized carbons (Fsp3) is 0.688. The molecular formula is C16H20ClNO5. The lowest BCUT2D eigenvalue weighted by atomic mass is 9.60. The third kappa shape index (κ3) is 1.82. The molecule has 0 radical (unpaired) electrons. The van der Waals surface area contributed by atoms with Crippen LogP contribution in [-0.4, -0.2) is 45.9 Å². The van der Waals surface area contributed by atoms with Gasteiger partial charge in [0.15, 0.2) is 11.4 Å². The number of ketones is 1. The van der Waals surface area contributed by atoms with Crippen molar-refractivity contribution in [2.45, 2.75) is 56.8 Å². The number of Topliss-reactive ketones (excluding diaryl/α,β-unsaturated/α-hetero) is 1. The maximum absolute atomic E-state index is 13.1. The van der Waals surface area contributed by atoms with Gasteiger partial charge in [0, 0.05) is 5.88 Å². The second-order valence-corrected chi connectivity index (χ2v) is 7.26. The number of fused-ring (bicyclic) bond motifs is 1. The zero-order valence-corrected chi connectivity index (χ0v) is 13.9. The number of ether oxygens (including phenoxy) is 1. The molecule has 2 heterocycles. The van der Waals surface area contributed by atoms with Gasteiger partial charge in [0.2, 0.25) is 11.4 Å². The van der Waals surface area contributed by atoms with Crippen molar-refractivity contribution in [3.05, 3.63) is 11.6 Å². The van der Waals surface area contributed by atoms with Crippen LogP contribution in [0.15, 0.2) is 11.6 Å². The molecule has 1 aliphatic carbocycles. The highest BCUT2D eigenvalue weighted by Crippen LogP contribution is 2.58. The van der Waals surface area contributed by atoms with E-state index in [4.69, 9.17) is 16.3 Å². The van der Waals surface area contributed by atoms with Crippen molar-refractivity contribution in [1.29, 1.82) is 0 Å². The van der Waals surface area contributed by atoms with Gasteiger partial charge in [-0.25, -0.2) is 4.79 Å². The summed E-state index contributed by atoms with van der Waals surface area (Å²) in [5, 5.41) is 12.4. The van der Waals surface area contributed by atoms with Crippen LogP contribution in [-0.2, 0) is 19.1 Å². The summed E-state index contributed by atoms with van der Waals surface area (Å²) in [6.45, 7) is 3.27. The van der Waals surface area contributed by atoms with Gasteiger partial charge < -0.3 is 15.2 Å². The summed E-state index contributed by atoms with van der Waals surface area (Å²) >= 11 is 5.81. The Hall–Kier alpha value is -1.40. The highest BCUT2D eigenvalue weighted by molar-refractivity contribution is 6.25. The Kier molecular flexibility index (Phi) is 3.61. The minimum Gasteiger partial charge on any atom is -0.452 e. The first-order valence-corrected chi connectivity index (χ1v) is 8.32. The SMILES string of the molecule is C[C@@]12OC(=O)[C@]1(C(=O)C1=CC(O)CCC1)NC(=O)[C@]2(C)CCCl. The number of amides is 1. The van der Waals surface area contributed by atoms with Crippen molar-refractivity contribution < 1.29 is 24.2 Å². The topological polar surface area (TPSA) is 92.7 Å². The molecule has 2 N–H and O–H groups in total. The molecule has 1 amide bonds. The number of nitrogens with one attached hydrogen (secondary N) is 1. The second-order valence-electron chi connectivity index (χ2n) is 6.88. The van der Waals surface area contributed by atoms with Gasteiger partial charge in [0.05, 0.1) is 11.5 Å². The molecule has 1 unspecified atom stereocenters. The molecule has 23 heavy (non-hydrogen) atoms. The number of halogens is 1. The van der Waals surface area contributed by atoms with Crippen LogP contribution in [0.1, 0.15) is 39.5 Å². The van der Waals surface area contributed by atoms with Gasteiger partial charge in [0.25, 0.3) is 0 Å². The third-order valence-electron chi connectivity index (χ3n) is 5.74. The predicted molar refractivity (Wildman–Crippen MR) is 81.8 cm³/mol. The Morgan fingerprint density at radius 2 is 2.17 bits per heavy atom. The zero-order chi connectivity index (χ0) is 17.0. The molecule has 0 bridgehead atoms. The first-order valence-electron chi connectivity index (χ1n) is 7.78. The van der Waals surface area contributed by atoms with E-state index in [2.05, 4.69) is 5.32 Å². The number of carbonyl (C=O) groups excluding carboxylic acids is 3. The minimum absolute atomic E-state index is 0.211. The maximum atomic E-state index is 13.1. The van der Waals surface area contributed by atoms with E-state index < -0.39 is 40.3 Å². The van der Waals surface area contributed by atoms with E-state index in [-0.39, 0.29) is 5.88 Å². The van der Waals surface area contributed by atoms with Crippen molar-refractivity contribution >= 4 is 29.3 Å². The van der Waals surface area contributed by atoms with Crippen LogP contribution in [0.4, 0.5) is 0 Å². The number of hydrogen-bond acceptors (Lipinski definition) is 5. The van der Waals surface area contributed by atoms with E-state index >= 15 is 0 Å². The van der Waals surface area contributed by atoms with Crippen LogP contribution < -0.4 is 5.32 Å². The summed E-state index contributed by atoms with van der Waals surface area (Å²) in [7, 11) is 0. The average Bonchev–Trinajstić information content (AvgIpc) is 2.63. The molecule has 7 heteroatoms. The van der Waals surface area contributed by atoms with Gasteiger partial charge in [-0.2, -0.15) is 0 Å². The predicted octanol–water partition coefficient (Wildman–Crippen LogP) is 0.846. The Labute approximate surface area is 139 Å². The van der Waals surface area contributed by atoms with Gasteiger partial charge in [-0.15, -0.1) is 11.6 Å². The lowest BCUT2D eigenvalue weighted by Crippen LogP contribution is -2.79. The standard InChI is InChI=1S/C16H20ClNO5/c1-14(6-7-17)12(21)18-16(13(22)23-15(14,16)2)11(20)9-4-3-5-10(19)8-9/h8,10,19H,3-7H2,1-2H3,(H,18,21)/t10?,14-,15-,16-/m0/s1. The Morgan fingerprint density at radius 1 is 1.48 bits per heavy atom. The molecule has 0 aromatic heterocycles. The van der Waals surface area contributed by atoms with Crippen LogP contribution in [0.5, 0.6) is 0 Å². The number of esters is 1. The number of aliphatic hydroxyl groups is 1. The molecule has 3 aliphatic rings. The van der Waals surface area contributed by atoms with Crippen LogP contribution in [0.3, 0.4) is 0 Å². The maximum Gasteiger partial charge on any atom is 0.345 e. The fourth-order valence-electron chi connectivity index (χ4n) is 3.95. The van der Waals surface area contributed by atoms with Crippen molar-refractivity contribution in [2.75, 3.05) is 5.88 Å². The first kappa shape index (κ1) is 16.5. The molecule has 2 aliphatic heterocycles. The van der Waals surface area contributed by atoms with Gasteiger partial charge in [-0.1, -0.05) is 0 Å². The van der Waals surface area contributed by atoms with Gasteiger partial charge in [0.1, 0.15) is 0 Å². The first-order chi connectivity index (χ1) is 10.7. The highest BCUT2D eigenvalue weighted by Gasteiger charge is 2.83. The van der Waals surface area contributed by atoms with Gasteiger partial charge in [-0.3, -0.25) is 9.59 Å². The van der Waals surface area contributed by atoms with Crippen molar-refractivity contribution in [3.8, 4) is 0 Å². The van der Waals surface area contributed by atoms with Crippen LogP contribution >= 0.6 is 11.6 Å². The Balaban J connectivity index is 2.05. The number of rotatable bonds is 4. The fourth-order valence-corrected chi connectivity index (χ4v) is 4.32. The molecule has 0 spiro atoms. The number of aliphatic hydroxyl groups excluding tert-OH is 1. The molecule has 0 aromatic carbocycles. The average molecular weight is 342 g/mol. The molecule has 4 atom stereocenters. The minimum atomic E-state index is -1.70. The molecule has 2 fully saturated rings. The number of alkyl halides is 1. The monoisotopic (exact) mass is 341 g/mol. The highest BCUT2D eigenvalue weighted by atomic mass is 35.5. The summed E-state index contributed by atoms with van der Waals surface area (Å²) in [6.07, 6.45) is 2.79. The Bertz CT molecular complexity index is 632. The summed E-state index contributed by atoms with van der Waals surface area (Å²) in [4.78, 5) is 37.8. The molecule has 6 nitrogen and oxygen atoms in total. The van der Waals surface area contributed by atoms with E-state index in [9.17, 15) is 19.5 Å². The molecule has 0 aromatic rings. The van der Waals surface area contributed by atoms with Crippen molar-refractivity contribution in [3.63, 3.8) is 0 Å². The number of hydrogen-bond donors (Lipinski definition) is 2. The van der Waals surface area contributed by atoms with E-state index in [0.29, 0.717) is 31.3 Å². The lowest BCUT2D eigenvalue weighted by Gasteiger charge is -2.53. The zero-order valence-electron chi connectivity index (χ0n) is 13.1. The molecule has 126 valence electrons.